The maximum Gasteiger partial charge on any atom is 0.251 e. The molecule has 0 saturated carbocycles. The predicted molar refractivity (Wildman–Crippen MR) is 107 cm³/mol. The molecule has 0 saturated heterocycles. The average molecular weight is 362 g/mol. The minimum absolute atomic E-state index is 0.0429. The van der Waals surface area contributed by atoms with Gasteiger partial charge in [-0.1, -0.05) is 24.3 Å². The molecular formula is C20H18N4OS. The van der Waals surface area contributed by atoms with Crippen molar-refractivity contribution < 1.29 is 4.79 Å². The van der Waals surface area contributed by atoms with E-state index in [1.54, 1.807) is 6.20 Å². The predicted octanol–water partition coefficient (Wildman–Crippen LogP) is 4.73. The molecule has 5 nitrogen and oxygen atoms in total. The zero-order valence-electron chi connectivity index (χ0n) is 14.3. The summed E-state index contributed by atoms with van der Waals surface area (Å²) in [6, 6.07) is 15.6. The summed E-state index contributed by atoms with van der Waals surface area (Å²) >= 11 is 1.54. The highest BCUT2D eigenvalue weighted by Gasteiger charge is 2.09. The number of hydrogen-bond acceptors (Lipinski definition) is 5. The van der Waals surface area contributed by atoms with Crippen LogP contribution in [0.3, 0.4) is 0 Å². The average Bonchev–Trinajstić information content (AvgIpc) is 3.07. The van der Waals surface area contributed by atoms with Gasteiger partial charge in [0.05, 0.1) is 15.7 Å². The Hall–Kier alpha value is -2.99. The SMILES string of the molecule is CCCNC(=O)c1ccc2nc(Nc3ccc4ncccc4c3)sc2c1. The molecule has 4 rings (SSSR count). The van der Waals surface area contributed by atoms with Gasteiger partial charge in [-0.25, -0.2) is 4.98 Å². The summed E-state index contributed by atoms with van der Waals surface area (Å²) in [5, 5.41) is 8.13. The number of hydrogen-bond donors (Lipinski definition) is 2. The molecule has 0 radical (unpaired) electrons. The highest BCUT2D eigenvalue weighted by atomic mass is 32.1. The largest absolute Gasteiger partial charge is 0.352 e. The Morgan fingerprint density at radius 3 is 2.88 bits per heavy atom. The smallest absolute Gasteiger partial charge is 0.251 e. The summed E-state index contributed by atoms with van der Waals surface area (Å²) < 4.78 is 0.985. The minimum Gasteiger partial charge on any atom is -0.352 e. The molecule has 2 aromatic heterocycles. The van der Waals surface area contributed by atoms with Gasteiger partial charge in [0.15, 0.2) is 5.13 Å². The first-order valence-electron chi connectivity index (χ1n) is 8.53. The molecule has 0 aliphatic heterocycles. The molecule has 0 bridgehead atoms. The summed E-state index contributed by atoms with van der Waals surface area (Å²) in [5.41, 5.74) is 3.47. The van der Waals surface area contributed by atoms with Crippen LogP contribution in [0.5, 0.6) is 0 Å². The van der Waals surface area contributed by atoms with E-state index in [9.17, 15) is 4.79 Å². The standard InChI is InChI=1S/C20H18N4OS/c1-2-9-22-19(25)14-5-7-17-18(12-14)26-20(24-17)23-15-6-8-16-13(11-15)4-3-10-21-16/h3-8,10-12H,2,9H2,1H3,(H,22,25)(H,23,24). The van der Waals surface area contributed by atoms with Crippen molar-refractivity contribution in [1.82, 2.24) is 15.3 Å². The molecule has 0 aliphatic carbocycles. The van der Waals surface area contributed by atoms with Crippen molar-refractivity contribution in [3.8, 4) is 0 Å². The van der Waals surface area contributed by atoms with Gasteiger partial charge in [-0.05, 0) is 48.9 Å². The number of carbonyl (C=O) groups excluding carboxylic acids is 1. The molecule has 2 N–H and O–H groups in total. The second-order valence-corrected chi connectivity index (χ2v) is 7.02. The third-order valence-electron chi connectivity index (χ3n) is 4.04. The monoisotopic (exact) mass is 362 g/mol. The van der Waals surface area contributed by atoms with E-state index >= 15 is 0 Å². The molecule has 4 aromatic rings. The highest BCUT2D eigenvalue weighted by molar-refractivity contribution is 7.22. The molecule has 1 amide bonds. The van der Waals surface area contributed by atoms with E-state index in [1.165, 1.54) is 11.3 Å². The van der Waals surface area contributed by atoms with Crippen molar-refractivity contribution in [3.05, 3.63) is 60.3 Å². The number of thiazole rings is 1. The fraction of sp³-hybridized carbons (Fsp3) is 0.150. The van der Waals surface area contributed by atoms with Gasteiger partial charge in [0.25, 0.3) is 5.91 Å². The molecule has 0 atom stereocenters. The van der Waals surface area contributed by atoms with Crippen LogP contribution in [-0.4, -0.2) is 22.4 Å². The van der Waals surface area contributed by atoms with Crippen molar-refractivity contribution in [2.24, 2.45) is 0 Å². The first-order valence-corrected chi connectivity index (χ1v) is 9.35. The van der Waals surface area contributed by atoms with Crippen LogP contribution >= 0.6 is 11.3 Å². The molecule has 2 aromatic carbocycles. The van der Waals surface area contributed by atoms with E-state index in [0.29, 0.717) is 12.1 Å². The van der Waals surface area contributed by atoms with Gasteiger partial charge in [0.2, 0.25) is 0 Å². The van der Waals surface area contributed by atoms with Crippen molar-refractivity contribution in [2.45, 2.75) is 13.3 Å². The van der Waals surface area contributed by atoms with Gasteiger partial charge in [0, 0.05) is 29.4 Å². The molecular weight excluding hydrogens is 344 g/mol. The van der Waals surface area contributed by atoms with E-state index in [0.717, 1.165) is 38.4 Å². The maximum atomic E-state index is 12.1. The Bertz CT molecular complexity index is 1090. The normalized spacial score (nSPS) is 11.0. The quantitative estimate of drug-likeness (QED) is 0.539. The molecule has 26 heavy (non-hydrogen) atoms. The van der Waals surface area contributed by atoms with Crippen LogP contribution in [0, 0.1) is 0 Å². The van der Waals surface area contributed by atoms with Crippen LogP contribution in [-0.2, 0) is 0 Å². The van der Waals surface area contributed by atoms with Gasteiger partial charge in [-0.15, -0.1) is 0 Å². The summed E-state index contributed by atoms with van der Waals surface area (Å²) in [4.78, 5) is 21.1. The molecule has 0 unspecified atom stereocenters. The fourth-order valence-electron chi connectivity index (χ4n) is 2.74. The lowest BCUT2D eigenvalue weighted by molar-refractivity contribution is 0.0954. The van der Waals surface area contributed by atoms with Gasteiger partial charge < -0.3 is 10.6 Å². The number of nitrogens with zero attached hydrogens (tertiary/aromatic N) is 2. The number of carbonyl (C=O) groups is 1. The summed E-state index contributed by atoms with van der Waals surface area (Å²) in [7, 11) is 0. The van der Waals surface area contributed by atoms with Crippen LogP contribution in [0.1, 0.15) is 23.7 Å². The fourth-order valence-corrected chi connectivity index (χ4v) is 3.66. The molecule has 0 fully saturated rings. The third kappa shape index (κ3) is 3.36. The Morgan fingerprint density at radius 1 is 1.12 bits per heavy atom. The number of nitrogens with one attached hydrogen (secondary N) is 2. The van der Waals surface area contributed by atoms with Crippen LogP contribution in [0.25, 0.3) is 21.1 Å². The number of benzene rings is 2. The zero-order valence-corrected chi connectivity index (χ0v) is 15.1. The molecule has 0 aliphatic rings. The zero-order chi connectivity index (χ0) is 17.9. The number of amides is 1. The molecule has 130 valence electrons. The third-order valence-corrected chi connectivity index (χ3v) is 4.97. The Kier molecular flexibility index (Phi) is 4.50. The number of pyridine rings is 1. The van der Waals surface area contributed by atoms with Crippen molar-refractivity contribution >= 4 is 49.2 Å². The van der Waals surface area contributed by atoms with Gasteiger partial charge >= 0.3 is 0 Å². The van der Waals surface area contributed by atoms with E-state index < -0.39 is 0 Å². The molecule has 0 spiro atoms. The van der Waals surface area contributed by atoms with Gasteiger partial charge in [0.1, 0.15) is 0 Å². The number of aromatic nitrogens is 2. The van der Waals surface area contributed by atoms with E-state index in [4.69, 9.17) is 0 Å². The van der Waals surface area contributed by atoms with Crippen LogP contribution < -0.4 is 10.6 Å². The Balaban J connectivity index is 1.59. The Morgan fingerprint density at radius 2 is 2.00 bits per heavy atom. The van der Waals surface area contributed by atoms with Crippen molar-refractivity contribution in [2.75, 3.05) is 11.9 Å². The lowest BCUT2D eigenvalue weighted by atomic mass is 10.2. The van der Waals surface area contributed by atoms with Gasteiger partial charge in [-0.2, -0.15) is 0 Å². The second-order valence-electron chi connectivity index (χ2n) is 5.99. The summed E-state index contributed by atoms with van der Waals surface area (Å²) in [6.45, 7) is 2.72. The van der Waals surface area contributed by atoms with Crippen LogP contribution in [0.4, 0.5) is 10.8 Å². The number of fused-ring (bicyclic) bond motifs is 2. The minimum atomic E-state index is -0.0429. The highest BCUT2D eigenvalue weighted by Crippen LogP contribution is 2.30. The van der Waals surface area contributed by atoms with Crippen molar-refractivity contribution in [1.29, 1.82) is 0 Å². The van der Waals surface area contributed by atoms with E-state index in [-0.39, 0.29) is 5.91 Å². The van der Waals surface area contributed by atoms with E-state index in [1.807, 2.05) is 49.4 Å². The van der Waals surface area contributed by atoms with E-state index in [2.05, 4.69) is 26.7 Å². The number of anilines is 2. The summed E-state index contributed by atoms with van der Waals surface area (Å²) in [6.07, 6.45) is 2.71. The second kappa shape index (κ2) is 7.09. The lowest BCUT2D eigenvalue weighted by Gasteiger charge is -2.03. The van der Waals surface area contributed by atoms with Crippen molar-refractivity contribution in [3.63, 3.8) is 0 Å². The first-order chi connectivity index (χ1) is 12.7. The maximum absolute atomic E-state index is 12.1. The molecule has 6 heteroatoms. The van der Waals surface area contributed by atoms with Crippen LogP contribution in [0.2, 0.25) is 0 Å². The summed E-state index contributed by atoms with van der Waals surface area (Å²) in [5.74, 6) is -0.0429. The lowest BCUT2D eigenvalue weighted by Crippen LogP contribution is -2.23. The topological polar surface area (TPSA) is 66.9 Å². The molecule has 2 heterocycles. The first kappa shape index (κ1) is 16.5. The number of rotatable bonds is 5. The Labute approximate surface area is 155 Å². The van der Waals surface area contributed by atoms with Crippen LogP contribution in [0.15, 0.2) is 54.7 Å². The van der Waals surface area contributed by atoms with Gasteiger partial charge in [-0.3, -0.25) is 9.78 Å².